The molecule has 7 nitrogen and oxygen atoms in total. The summed E-state index contributed by atoms with van der Waals surface area (Å²) in [6.45, 7) is 0.0528. The second kappa shape index (κ2) is 4.88. The third kappa shape index (κ3) is 3.22. The summed E-state index contributed by atoms with van der Waals surface area (Å²) >= 11 is 0. The van der Waals surface area contributed by atoms with Crippen LogP contribution in [0.15, 0.2) is 33.5 Å². The minimum absolute atomic E-state index is 0.0528. The van der Waals surface area contributed by atoms with Crippen molar-refractivity contribution in [3.05, 3.63) is 34.8 Å². The molecule has 0 spiro atoms. The summed E-state index contributed by atoms with van der Waals surface area (Å²) in [4.78, 5) is 22.9. The molecule has 0 radical (unpaired) electrons. The van der Waals surface area contributed by atoms with Crippen LogP contribution in [0.3, 0.4) is 0 Å². The number of sulfonamides is 1. The maximum Gasteiger partial charge on any atom is 0.419 e. The Kier molecular flexibility index (Phi) is 3.43. The largest absolute Gasteiger partial charge is 0.419 e. The van der Waals surface area contributed by atoms with E-state index >= 15 is 0 Å². The molecule has 0 saturated carbocycles. The van der Waals surface area contributed by atoms with Crippen LogP contribution in [-0.2, 0) is 21.4 Å². The number of nitrogens with zero attached hydrogens (tertiary/aromatic N) is 1. The quantitative estimate of drug-likeness (QED) is 0.856. The summed E-state index contributed by atoms with van der Waals surface area (Å²) in [5.41, 5.74) is 0.996. The Labute approximate surface area is 108 Å². The highest BCUT2D eigenvalue weighted by molar-refractivity contribution is 7.89. The highest BCUT2D eigenvalue weighted by atomic mass is 32.2. The smallest absolute Gasteiger partial charge is 0.408 e. The molecular weight excluding hydrogens is 272 g/mol. The number of benzene rings is 1. The molecule has 8 heteroatoms. The predicted molar refractivity (Wildman–Crippen MR) is 68.1 cm³/mol. The van der Waals surface area contributed by atoms with Crippen LogP contribution < -0.4 is 10.5 Å². The average molecular weight is 284 g/mol. The number of hydrogen-bond acceptors (Lipinski definition) is 5. The minimum Gasteiger partial charge on any atom is -0.408 e. The van der Waals surface area contributed by atoms with Gasteiger partial charge in [-0.05, 0) is 12.1 Å². The lowest BCUT2D eigenvalue weighted by Crippen LogP contribution is -2.30. The molecule has 0 saturated heterocycles. The van der Waals surface area contributed by atoms with Gasteiger partial charge >= 0.3 is 5.76 Å². The number of fused-ring (bicyclic) bond motifs is 1. The third-order valence-corrected chi connectivity index (χ3v) is 3.03. The van der Waals surface area contributed by atoms with E-state index in [4.69, 9.17) is 4.42 Å². The van der Waals surface area contributed by atoms with E-state index in [0.717, 1.165) is 6.26 Å². The molecule has 102 valence electrons. The van der Waals surface area contributed by atoms with E-state index in [9.17, 15) is 18.0 Å². The first-order chi connectivity index (χ1) is 8.87. The van der Waals surface area contributed by atoms with E-state index in [2.05, 4.69) is 0 Å². The van der Waals surface area contributed by atoms with E-state index in [1.165, 1.54) is 4.57 Å². The van der Waals surface area contributed by atoms with Crippen molar-refractivity contribution in [3.63, 3.8) is 0 Å². The third-order valence-electron chi connectivity index (χ3n) is 2.44. The van der Waals surface area contributed by atoms with Crippen LogP contribution >= 0.6 is 0 Å². The lowest BCUT2D eigenvalue weighted by molar-refractivity contribution is -0.119. The summed E-state index contributed by atoms with van der Waals surface area (Å²) < 4.78 is 29.8. The van der Waals surface area contributed by atoms with Crippen molar-refractivity contribution in [2.45, 2.75) is 13.0 Å². The Morgan fingerprint density at radius 2 is 2.05 bits per heavy atom. The summed E-state index contributed by atoms with van der Waals surface area (Å²) in [5.74, 6) is -1.24. The highest BCUT2D eigenvalue weighted by Gasteiger charge is 2.12. The Balaban J connectivity index is 2.16. The van der Waals surface area contributed by atoms with E-state index in [-0.39, 0.29) is 13.0 Å². The van der Waals surface area contributed by atoms with Crippen molar-refractivity contribution in [1.82, 2.24) is 9.29 Å². The van der Waals surface area contributed by atoms with Gasteiger partial charge in [0.15, 0.2) is 5.58 Å². The monoisotopic (exact) mass is 284 g/mol. The lowest BCUT2D eigenvalue weighted by atomic mass is 10.3. The number of aromatic nitrogens is 1. The van der Waals surface area contributed by atoms with Crippen molar-refractivity contribution < 1.29 is 17.6 Å². The number of aryl methyl sites for hydroxylation is 1. The normalized spacial score (nSPS) is 11.6. The maximum atomic E-state index is 11.6. The van der Waals surface area contributed by atoms with Crippen LogP contribution in [0.2, 0.25) is 0 Å². The summed E-state index contributed by atoms with van der Waals surface area (Å²) in [7, 11) is -3.58. The number of oxazole rings is 1. The molecule has 1 amide bonds. The zero-order chi connectivity index (χ0) is 14.0. The van der Waals surface area contributed by atoms with E-state index in [1.807, 2.05) is 4.72 Å². The summed E-state index contributed by atoms with van der Waals surface area (Å²) in [6, 6.07) is 6.80. The molecule has 1 aromatic heterocycles. The Morgan fingerprint density at radius 1 is 1.37 bits per heavy atom. The van der Waals surface area contributed by atoms with Crippen LogP contribution in [0.1, 0.15) is 6.42 Å². The first-order valence-corrected chi connectivity index (χ1v) is 7.35. The number of nitrogens with one attached hydrogen (secondary N) is 1. The zero-order valence-corrected chi connectivity index (χ0v) is 10.9. The van der Waals surface area contributed by atoms with E-state index in [0.29, 0.717) is 11.1 Å². The molecule has 0 fully saturated rings. The minimum atomic E-state index is -3.58. The molecule has 0 atom stereocenters. The van der Waals surface area contributed by atoms with Gasteiger partial charge in [-0.1, -0.05) is 12.1 Å². The average Bonchev–Trinajstić information content (AvgIpc) is 2.60. The van der Waals surface area contributed by atoms with Crippen molar-refractivity contribution in [2.75, 3.05) is 6.26 Å². The van der Waals surface area contributed by atoms with Gasteiger partial charge in [-0.3, -0.25) is 14.1 Å². The molecule has 2 rings (SSSR count). The first kappa shape index (κ1) is 13.3. The topological polar surface area (TPSA) is 98.4 Å². The number of amides is 1. The highest BCUT2D eigenvalue weighted by Crippen LogP contribution is 2.11. The van der Waals surface area contributed by atoms with Crippen LogP contribution in [-0.4, -0.2) is 25.1 Å². The van der Waals surface area contributed by atoms with Crippen molar-refractivity contribution in [2.24, 2.45) is 0 Å². The van der Waals surface area contributed by atoms with Crippen molar-refractivity contribution >= 4 is 27.0 Å². The molecule has 2 aromatic rings. The van der Waals surface area contributed by atoms with E-state index < -0.39 is 21.7 Å². The molecule has 0 unspecified atom stereocenters. The Hall–Kier alpha value is -2.09. The van der Waals surface area contributed by atoms with Gasteiger partial charge in [-0.25, -0.2) is 13.2 Å². The van der Waals surface area contributed by atoms with Crippen LogP contribution in [0.4, 0.5) is 0 Å². The molecule has 0 aliphatic carbocycles. The Bertz CT molecular complexity index is 772. The lowest BCUT2D eigenvalue weighted by Gasteiger charge is -2.03. The fraction of sp³-hybridized carbons (Fsp3) is 0.273. The molecule has 0 aliphatic heterocycles. The van der Waals surface area contributed by atoms with Gasteiger partial charge in [0.1, 0.15) is 0 Å². The molecule has 1 heterocycles. The van der Waals surface area contributed by atoms with Gasteiger partial charge in [0.25, 0.3) is 0 Å². The molecular formula is C11H12N2O5S. The van der Waals surface area contributed by atoms with Crippen LogP contribution in [0.5, 0.6) is 0 Å². The number of rotatable bonds is 4. The molecule has 19 heavy (non-hydrogen) atoms. The molecule has 1 aromatic carbocycles. The van der Waals surface area contributed by atoms with Gasteiger partial charge in [0, 0.05) is 13.0 Å². The molecule has 1 N–H and O–H groups in total. The second-order valence-corrected chi connectivity index (χ2v) is 5.78. The molecule has 0 aliphatic rings. The first-order valence-electron chi connectivity index (χ1n) is 5.46. The SMILES string of the molecule is CS(=O)(=O)NC(=O)CCn1c(=O)oc2ccccc21. The maximum absolute atomic E-state index is 11.6. The van der Waals surface area contributed by atoms with Crippen molar-refractivity contribution in [1.29, 1.82) is 0 Å². The summed E-state index contributed by atoms with van der Waals surface area (Å²) in [6.07, 6.45) is 0.765. The van der Waals surface area contributed by atoms with Gasteiger partial charge < -0.3 is 4.42 Å². The van der Waals surface area contributed by atoms with Gasteiger partial charge in [0.2, 0.25) is 15.9 Å². The zero-order valence-electron chi connectivity index (χ0n) is 10.1. The van der Waals surface area contributed by atoms with Gasteiger partial charge in [-0.2, -0.15) is 0 Å². The number of carbonyl (C=O) groups excluding carboxylic acids is 1. The second-order valence-electron chi connectivity index (χ2n) is 4.03. The standard InChI is InChI=1S/C11H12N2O5S/c1-19(16,17)12-10(14)6-7-13-8-4-2-3-5-9(8)18-11(13)15/h2-5H,6-7H2,1H3,(H,12,14). The predicted octanol–water partition coefficient (Wildman–Crippen LogP) is 0.0604. The number of hydrogen-bond donors (Lipinski definition) is 1. The molecule has 0 bridgehead atoms. The van der Waals surface area contributed by atoms with Crippen LogP contribution in [0.25, 0.3) is 11.1 Å². The van der Waals surface area contributed by atoms with E-state index in [1.54, 1.807) is 24.3 Å². The van der Waals surface area contributed by atoms with Gasteiger partial charge in [0.05, 0.1) is 11.8 Å². The van der Waals surface area contributed by atoms with Gasteiger partial charge in [-0.15, -0.1) is 0 Å². The summed E-state index contributed by atoms with van der Waals surface area (Å²) in [5, 5.41) is 0. The fourth-order valence-corrected chi connectivity index (χ4v) is 2.21. The number of carbonyl (C=O) groups is 1. The number of para-hydroxylation sites is 2. The fourth-order valence-electron chi connectivity index (χ4n) is 1.70. The van der Waals surface area contributed by atoms with Crippen molar-refractivity contribution in [3.8, 4) is 0 Å². The van der Waals surface area contributed by atoms with Crippen LogP contribution in [0, 0.1) is 0 Å². The Morgan fingerprint density at radius 3 is 2.74 bits per heavy atom.